The first kappa shape index (κ1) is 25.5. The quantitative estimate of drug-likeness (QED) is 0.401. The van der Waals surface area contributed by atoms with Crippen molar-refractivity contribution in [2.24, 2.45) is 0 Å². The van der Waals surface area contributed by atoms with Gasteiger partial charge in [0.1, 0.15) is 0 Å². The molecule has 4 heterocycles. The molecule has 0 saturated carbocycles. The van der Waals surface area contributed by atoms with Gasteiger partial charge in [0.15, 0.2) is 17.3 Å². The molecule has 1 fully saturated rings. The van der Waals surface area contributed by atoms with Gasteiger partial charge in [-0.15, -0.1) is 0 Å². The van der Waals surface area contributed by atoms with E-state index in [1.165, 1.54) is 36.1 Å². The molecule has 1 amide bonds. The Morgan fingerprint density at radius 1 is 1.16 bits per heavy atom. The van der Waals surface area contributed by atoms with Crippen molar-refractivity contribution >= 4 is 17.1 Å². The van der Waals surface area contributed by atoms with Gasteiger partial charge in [0.2, 0.25) is 5.91 Å². The Labute approximate surface area is 216 Å². The molecule has 0 aliphatic carbocycles. The van der Waals surface area contributed by atoms with Crippen molar-refractivity contribution in [3.05, 3.63) is 86.8 Å². The van der Waals surface area contributed by atoms with Crippen molar-refractivity contribution in [2.75, 3.05) is 26.8 Å². The van der Waals surface area contributed by atoms with Gasteiger partial charge in [-0.2, -0.15) is 0 Å². The van der Waals surface area contributed by atoms with Crippen molar-refractivity contribution in [3.63, 3.8) is 0 Å². The summed E-state index contributed by atoms with van der Waals surface area (Å²) < 4.78 is 36.6. The number of nitrogens with one attached hydrogen (secondary N) is 1. The van der Waals surface area contributed by atoms with Crippen molar-refractivity contribution in [3.8, 4) is 11.1 Å². The summed E-state index contributed by atoms with van der Waals surface area (Å²) in [7, 11) is 1.50. The lowest BCUT2D eigenvalue weighted by molar-refractivity contribution is -0.131. The van der Waals surface area contributed by atoms with E-state index in [0.717, 1.165) is 11.6 Å². The van der Waals surface area contributed by atoms with Crippen LogP contribution in [-0.2, 0) is 22.5 Å². The van der Waals surface area contributed by atoms with Crippen molar-refractivity contribution < 1.29 is 18.3 Å². The Hall–Kier alpha value is -4.12. The zero-order chi connectivity index (χ0) is 26.8. The molecule has 198 valence electrons. The molecule has 1 N–H and O–H groups in total. The number of piperidine rings is 1. The van der Waals surface area contributed by atoms with Gasteiger partial charge in [-0.25, -0.2) is 18.6 Å². The normalized spacial score (nSPS) is 14.3. The fraction of sp³-hybridized carbons (Fsp3) is 0.333. The summed E-state index contributed by atoms with van der Waals surface area (Å²) >= 11 is 0. The Morgan fingerprint density at radius 2 is 1.95 bits per heavy atom. The summed E-state index contributed by atoms with van der Waals surface area (Å²) in [5, 5.41) is 0. The Balaban J connectivity index is 1.36. The fourth-order valence-corrected chi connectivity index (χ4v) is 5.02. The molecule has 9 nitrogen and oxygen atoms in total. The number of benzene rings is 1. The topological polar surface area (TPSA) is 102 Å². The second-order valence-electron chi connectivity index (χ2n) is 9.31. The number of fused-ring (bicyclic) bond motifs is 1. The number of imidazole rings is 1. The SMILES string of the molecule is COCCn1cc(-c2cccc(F)c2F)cc(CC(=O)N2CCC(n3c(=O)[nH]c4ncccc43)CC2)c1=O. The summed E-state index contributed by atoms with van der Waals surface area (Å²) in [6.45, 7) is 1.26. The molecule has 0 spiro atoms. The minimum Gasteiger partial charge on any atom is -0.383 e. The molecule has 0 unspecified atom stereocenters. The highest BCUT2D eigenvalue weighted by molar-refractivity contribution is 5.79. The number of nitrogens with zero attached hydrogens (tertiary/aromatic N) is 4. The molecule has 3 aromatic heterocycles. The summed E-state index contributed by atoms with van der Waals surface area (Å²) in [4.78, 5) is 47.5. The highest BCUT2D eigenvalue weighted by Crippen LogP contribution is 2.26. The molecule has 0 bridgehead atoms. The lowest BCUT2D eigenvalue weighted by atomic mass is 10.0. The number of H-pyrrole nitrogens is 1. The number of methoxy groups -OCH3 is 1. The van der Waals surface area contributed by atoms with Gasteiger partial charge in [-0.3, -0.25) is 19.1 Å². The van der Waals surface area contributed by atoms with Gasteiger partial charge < -0.3 is 14.2 Å². The first-order valence-corrected chi connectivity index (χ1v) is 12.4. The van der Waals surface area contributed by atoms with E-state index in [-0.39, 0.29) is 53.9 Å². The van der Waals surface area contributed by atoms with E-state index in [0.29, 0.717) is 37.1 Å². The number of halogens is 2. The van der Waals surface area contributed by atoms with Crippen LogP contribution in [0.5, 0.6) is 0 Å². The van der Waals surface area contributed by atoms with Gasteiger partial charge in [-0.05, 0) is 37.1 Å². The van der Waals surface area contributed by atoms with Crippen LogP contribution in [0.25, 0.3) is 22.3 Å². The van der Waals surface area contributed by atoms with Crippen LogP contribution in [0, 0.1) is 11.6 Å². The molecule has 1 aliphatic heterocycles. The van der Waals surface area contributed by atoms with Crippen LogP contribution >= 0.6 is 0 Å². The lowest BCUT2D eigenvalue weighted by Gasteiger charge is -2.32. The molecule has 0 atom stereocenters. The van der Waals surface area contributed by atoms with E-state index in [9.17, 15) is 23.2 Å². The van der Waals surface area contributed by atoms with Crippen LogP contribution in [0.1, 0.15) is 24.4 Å². The number of aromatic amines is 1. The van der Waals surface area contributed by atoms with Gasteiger partial charge in [0.25, 0.3) is 5.56 Å². The number of hydrogen-bond acceptors (Lipinski definition) is 5. The summed E-state index contributed by atoms with van der Waals surface area (Å²) in [5.74, 6) is -2.27. The number of likely N-dealkylation sites (tertiary alicyclic amines) is 1. The molecule has 5 rings (SSSR count). The number of carbonyl (C=O) groups excluding carboxylic acids is 1. The van der Waals surface area contributed by atoms with Crippen molar-refractivity contribution in [1.82, 2.24) is 24.0 Å². The number of rotatable bonds is 7. The molecular formula is C27H27F2N5O4. The van der Waals surface area contributed by atoms with Crippen LogP contribution in [-0.4, -0.2) is 56.7 Å². The first-order valence-electron chi connectivity index (χ1n) is 12.4. The van der Waals surface area contributed by atoms with E-state index in [4.69, 9.17) is 4.74 Å². The number of aromatic nitrogens is 4. The highest BCUT2D eigenvalue weighted by atomic mass is 19.2. The molecule has 1 aliphatic rings. The molecule has 4 aromatic rings. The lowest BCUT2D eigenvalue weighted by Crippen LogP contribution is -2.42. The fourth-order valence-electron chi connectivity index (χ4n) is 5.02. The number of carbonyl (C=O) groups is 1. The van der Waals surface area contributed by atoms with Gasteiger partial charge in [0.05, 0.1) is 18.5 Å². The zero-order valence-electron chi connectivity index (χ0n) is 20.8. The van der Waals surface area contributed by atoms with Crippen molar-refractivity contribution in [2.45, 2.75) is 31.8 Å². The minimum atomic E-state index is -1.02. The third kappa shape index (κ3) is 4.89. The Bertz CT molecular complexity index is 1600. The predicted octanol–water partition coefficient (Wildman–Crippen LogP) is 2.88. The van der Waals surface area contributed by atoms with E-state index in [1.807, 2.05) is 6.07 Å². The second kappa shape index (κ2) is 10.7. The van der Waals surface area contributed by atoms with Crippen LogP contribution in [0.15, 0.2) is 58.4 Å². The number of pyridine rings is 2. The number of amides is 1. The number of hydrogen-bond donors (Lipinski definition) is 1. The average Bonchev–Trinajstić information content (AvgIpc) is 3.26. The molecule has 38 heavy (non-hydrogen) atoms. The zero-order valence-corrected chi connectivity index (χ0v) is 20.8. The smallest absolute Gasteiger partial charge is 0.327 e. The van der Waals surface area contributed by atoms with Crippen LogP contribution < -0.4 is 11.2 Å². The van der Waals surface area contributed by atoms with Crippen LogP contribution in [0.3, 0.4) is 0 Å². The standard InChI is InChI=1S/C27H27F2N5O4/c1-38-13-12-33-16-18(20-4-2-5-21(28)24(20)29)14-17(26(33)36)15-23(35)32-10-7-19(8-11-32)34-22-6-3-9-30-25(22)31-27(34)37/h2-6,9,14,16,19H,7-8,10-13,15H2,1H3,(H,30,31,37). The van der Waals surface area contributed by atoms with E-state index < -0.39 is 11.6 Å². The molecule has 1 aromatic carbocycles. The van der Waals surface area contributed by atoms with E-state index in [1.54, 1.807) is 21.7 Å². The maximum atomic E-state index is 14.5. The monoisotopic (exact) mass is 523 g/mol. The Kier molecular flexibility index (Phi) is 7.19. The molecule has 0 radical (unpaired) electrons. The molecule has 11 heteroatoms. The van der Waals surface area contributed by atoms with Gasteiger partial charge >= 0.3 is 5.69 Å². The van der Waals surface area contributed by atoms with Gasteiger partial charge in [0, 0.05) is 61.9 Å². The average molecular weight is 524 g/mol. The summed E-state index contributed by atoms with van der Waals surface area (Å²) in [5.41, 5.74) is 1.12. The maximum Gasteiger partial charge on any atom is 0.327 e. The maximum absolute atomic E-state index is 14.5. The highest BCUT2D eigenvalue weighted by Gasteiger charge is 2.27. The summed E-state index contributed by atoms with van der Waals surface area (Å²) in [6.07, 6.45) is 4.02. The molecule has 1 saturated heterocycles. The predicted molar refractivity (Wildman–Crippen MR) is 137 cm³/mol. The molecular weight excluding hydrogens is 496 g/mol. The summed E-state index contributed by atoms with van der Waals surface area (Å²) in [6, 6.07) is 8.81. The number of ether oxygens (including phenoxy) is 1. The third-order valence-electron chi connectivity index (χ3n) is 6.97. The largest absolute Gasteiger partial charge is 0.383 e. The minimum absolute atomic E-state index is 0.00402. The van der Waals surface area contributed by atoms with Gasteiger partial charge in [-0.1, -0.05) is 12.1 Å². The van der Waals surface area contributed by atoms with E-state index in [2.05, 4.69) is 9.97 Å². The van der Waals surface area contributed by atoms with Crippen molar-refractivity contribution in [1.29, 1.82) is 0 Å². The van der Waals surface area contributed by atoms with E-state index >= 15 is 0 Å². The Morgan fingerprint density at radius 3 is 2.71 bits per heavy atom. The second-order valence-corrected chi connectivity index (χ2v) is 9.31. The van der Waals surface area contributed by atoms with Crippen LogP contribution in [0.2, 0.25) is 0 Å². The third-order valence-corrected chi connectivity index (χ3v) is 6.97. The van der Waals surface area contributed by atoms with Crippen LogP contribution in [0.4, 0.5) is 8.78 Å². The first-order chi connectivity index (χ1) is 18.4.